The van der Waals surface area contributed by atoms with Gasteiger partial charge in [-0.15, -0.1) is 0 Å². The number of aliphatic hydroxyl groups excluding tert-OH is 1. The van der Waals surface area contributed by atoms with Crippen molar-refractivity contribution in [3.63, 3.8) is 0 Å². The molecule has 0 saturated carbocycles. The quantitative estimate of drug-likeness (QED) is 0.861. The molecule has 1 aliphatic heterocycles. The molecule has 1 fully saturated rings. The van der Waals surface area contributed by atoms with Crippen LogP contribution in [0, 0.1) is 0 Å². The summed E-state index contributed by atoms with van der Waals surface area (Å²) in [6, 6.07) is 6.04. The van der Waals surface area contributed by atoms with Crippen molar-refractivity contribution in [2.75, 3.05) is 13.1 Å². The Morgan fingerprint density at radius 3 is 2.25 bits per heavy atom. The van der Waals surface area contributed by atoms with Crippen LogP contribution in [0.1, 0.15) is 23.2 Å². The molecule has 1 aliphatic rings. The lowest BCUT2D eigenvalue weighted by Crippen LogP contribution is -2.52. The topological polar surface area (TPSA) is 69.6 Å². The van der Waals surface area contributed by atoms with Crippen LogP contribution in [0.5, 0.6) is 0 Å². The number of piperidine rings is 1. The molecule has 2 rings (SSSR count). The van der Waals surface area contributed by atoms with E-state index in [1.807, 2.05) is 0 Å². The highest BCUT2D eigenvalue weighted by Crippen LogP contribution is 2.23. The summed E-state index contributed by atoms with van der Waals surface area (Å²) in [6.07, 6.45) is -7.35. The molecular weight excluding hydrogens is 349 g/mol. The van der Waals surface area contributed by atoms with Crippen LogP contribution in [0.25, 0.3) is 0 Å². The van der Waals surface area contributed by atoms with Crippen LogP contribution in [-0.4, -0.2) is 53.2 Å². The maximum Gasteiger partial charge on any atom is 0.423 e. The molecule has 2 N–H and O–H groups in total. The number of nitrogens with one attached hydrogen (secondary N) is 1. The average Bonchev–Trinajstić information content (AvgIpc) is 2.54. The zero-order valence-electron chi connectivity index (χ0n) is 12.5. The third-order valence-electron chi connectivity index (χ3n) is 3.79. The van der Waals surface area contributed by atoms with E-state index >= 15 is 0 Å². The lowest BCUT2D eigenvalue weighted by atomic mass is 10.0. The molecule has 5 nitrogen and oxygen atoms in total. The molecule has 1 atom stereocenters. The molecule has 0 unspecified atom stereocenters. The Labute approximate surface area is 141 Å². The van der Waals surface area contributed by atoms with Crippen LogP contribution in [0.4, 0.5) is 13.2 Å². The van der Waals surface area contributed by atoms with E-state index in [4.69, 9.17) is 16.7 Å². The van der Waals surface area contributed by atoms with Gasteiger partial charge in [-0.3, -0.25) is 9.59 Å². The second-order valence-electron chi connectivity index (χ2n) is 5.52. The number of benzene rings is 1. The lowest BCUT2D eigenvalue weighted by molar-refractivity contribution is -0.211. The molecule has 0 radical (unpaired) electrons. The van der Waals surface area contributed by atoms with E-state index in [1.54, 1.807) is 24.3 Å². The maximum atomic E-state index is 12.4. The van der Waals surface area contributed by atoms with Crippen LogP contribution in [0.3, 0.4) is 0 Å². The molecule has 0 spiro atoms. The van der Waals surface area contributed by atoms with Gasteiger partial charge in [-0.25, -0.2) is 0 Å². The van der Waals surface area contributed by atoms with Crippen molar-refractivity contribution >= 4 is 23.4 Å². The fraction of sp³-hybridized carbons (Fsp3) is 0.467. The normalized spacial score (nSPS) is 17.5. The van der Waals surface area contributed by atoms with Crippen LogP contribution in [-0.2, 0) is 4.79 Å². The van der Waals surface area contributed by atoms with Gasteiger partial charge in [0.05, 0.1) is 0 Å². The first-order valence-electron chi connectivity index (χ1n) is 7.28. The molecule has 132 valence electrons. The van der Waals surface area contributed by atoms with Gasteiger partial charge >= 0.3 is 6.18 Å². The number of carbonyl (C=O) groups is 2. The Morgan fingerprint density at radius 2 is 1.75 bits per heavy atom. The highest BCUT2D eigenvalue weighted by atomic mass is 35.5. The number of likely N-dealkylation sites (tertiary alicyclic amines) is 1. The third kappa shape index (κ3) is 4.61. The largest absolute Gasteiger partial charge is 0.423 e. The van der Waals surface area contributed by atoms with Gasteiger partial charge in [-0.2, -0.15) is 13.2 Å². The summed E-state index contributed by atoms with van der Waals surface area (Å²) in [4.78, 5) is 24.6. The first-order valence-corrected chi connectivity index (χ1v) is 7.66. The smallest absolute Gasteiger partial charge is 0.376 e. The van der Waals surface area contributed by atoms with E-state index in [0.29, 0.717) is 23.4 Å². The zero-order valence-corrected chi connectivity index (χ0v) is 13.3. The van der Waals surface area contributed by atoms with Gasteiger partial charge in [0.25, 0.3) is 11.8 Å². The highest BCUT2D eigenvalue weighted by Gasteiger charge is 2.45. The number of nitrogens with zero attached hydrogens (tertiary/aromatic N) is 1. The number of hydrogen-bond donors (Lipinski definition) is 2. The van der Waals surface area contributed by atoms with E-state index in [-0.39, 0.29) is 25.0 Å². The second-order valence-corrected chi connectivity index (χ2v) is 5.96. The van der Waals surface area contributed by atoms with Crippen molar-refractivity contribution in [3.8, 4) is 0 Å². The first-order chi connectivity index (χ1) is 11.2. The average molecular weight is 365 g/mol. The summed E-state index contributed by atoms with van der Waals surface area (Å²) in [5.41, 5.74) is 0.422. The minimum absolute atomic E-state index is 0.0392. The first kappa shape index (κ1) is 18.5. The molecule has 2 amide bonds. The molecule has 0 aliphatic carbocycles. The fourth-order valence-electron chi connectivity index (χ4n) is 2.43. The van der Waals surface area contributed by atoms with Crippen molar-refractivity contribution in [2.45, 2.75) is 31.2 Å². The second kappa shape index (κ2) is 7.40. The summed E-state index contributed by atoms with van der Waals surface area (Å²) < 4.78 is 37.1. The van der Waals surface area contributed by atoms with Crippen LogP contribution in [0.15, 0.2) is 24.3 Å². The molecule has 1 saturated heterocycles. The summed E-state index contributed by atoms with van der Waals surface area (Å²) in [6.45, 7) is 0.0784. The predicted octanol–water partition coefficient (Wildman–Crippen LogP) is 1.98. The van der Waals surface area contributed by atoms with Crippen molar-refractivity contribution in [2.24, 2.45) is 0 Å². The molecular formula is C15H16ClF3N2O3. The summed E-state index contributed by atoms with van der Waals surface area (Å²) >= 11 is 5.74. The molecule has 0 bridgehead atoms. The highest BCUT2D eigenvalue weighted by molar-refractivity contribution is 6.30. The maximum absolute atomic E-state index is 12.4. The number of rotatable bonds is 3. The number of amides is 2. The van der Waals surface area contributed by atoms with Gasteiger partial charge in [0.2, 0.25) is 6.10 Å². The van der Waals surface area contributed by atoms with E-state index < -0.39 is 18.2 Å². The molecule has 0 aromatic heterocycles. The van der Waals surface area contributed by atoms with Crippen molar-refractivity contribution in [1.29, 1.82) is 0 Å². The minimum atomic E-state index is -4.98. The van der Waals surface area contributed by atoms with Crippen LogP contribution in [0.2, 0.25) is 5.02 Å². The summed E-state index contributed by atoms with van der Waals surface area (Å²) in [5.74, 6) is -1.67. The van der Waals surface area contributed by atoms with Gasteiger partial charge < -0.3 is 15.3 Å². The van der Waals surface area contributed by atoms with Crippen LogP contribution >= 0.6 is 11.6 Å². The molecule has 1 heterocycles. The molecule has 1 aromatic rings. The number of carbonyl (C=O) groups excluding carboxylic acids is 2. The molecule has 1 aromatic carbocycles. The van der Waals surface area contributed by atoms with Crippen molar-refractivity contribution < 1.29 is 27.9 Å². The third-order valence-corrected chi connectivity index (χ3v) is 4.04. The van der Waals surface area contributed by atoms with E-state index in [0.717, 1.165) is 4.90 Å². The number of hydrogen-bond acceptors (Lipinski definition) is 3. The summed E-state index contributed by atoms with van der Waals surface area (Å²) in [7, 11) is 0. The van der Waals surface area contributed by atoms with E-state index in [9.17, 15) is 22.8 Å². The van der Waals surface area contributed by atoms with E-state index in [2.05, 4.69) is 5.32 Å². The number of aliphatic hydroxyl groups is 1. The Bertz CT molecular complexity index is 599. The summed E-state index contributed by atoms with van der Waals surface area (Å²) in [5, 5.41) is 12.3. The van der Waals surface area contributed by atoms with Gasteiger partial charge in [-0.05, 0) is 37.1 Å². The standard InChI is InChI=1S/C15H16ClF3N2O3/c16-10-3-1-9(2-4-10)13(23)20-11-5-7-21(8-6-11)14(24)12(22)15(17,18)19/h1-4,11-12,22H,5-8H2,(H,20,23)/t12-/m1/s1. The fourth-order valence-corrected chi connectivity index (χ4v) is 2.55. The van der Waals surface area contributed by atoms with Gasteiger partial charge in [-0.1, -0.05) is 11.6 Å². The van der Waals surface area contributed by atoms with Gasteiger partial charge in [0.1, 0.15) is 0 Å². The molecule has 24 heavy (non-hydrogen) atoms. The lowest BCUT2D eigenvalue weighted by Gasteiger charge is -2.33. The van der Waals surface area contributed by atoms with Gasteiger partial charge in [0.15, 0.2) is 0 Å². The zero-order chi connectivity index (χ0) is 17.9. The van der Waals surface area contributed by atoms with Gasteiger partial charge in [0, 0.05) is 29.7 Å². The minimum Gasteiger partial charge on any atom is -0.376 e. The predicted molar refractivity (Wildman–Crippen MR) is 80.6 cm³/mol. The van der Waals surface area contributed by atoms with Crippen molar-refractivity contribution in [1.82, 2.24) is 10.2 Å². The van der Waals surface area contributed by atoms with Crippen molar-refractivity contribution in [3.05, 3.63) is 34.9 Å². The molecule has 9 heteroatoms. The SMILES string of the molecule is O=C(NC1CCN(C(=O)[C@@H](O)C(F)(F)F)CC1)c1ccc(Cl)cc1. The monoisotopic (exact) mass is 364 g/mol. The Kier molecular flexibility index (Phi) is 5.71. The van der Waals surface area contributed by atoms with Crippen LogP contribution < -0.4 is 5.32 Å². The number of halogens is 4. The Balaban J connectivity index is 1.85. The van der Waals surface area contributed by atoms with E-state index in [1.165, 1.54) is 0 Å². The Morgan fingerprint density at radius 1 is 1.21 bits per heavy atom. The Hall–Kier alpha value is -1.80. The number of alkyl halides is 3.